The fraction of sp³-hybridized carbons (Fsp3) is 0.500. The van der Waals surface area contributed by atoms with E-state index in [0.717, 1.165) is 31.1 Å². The molecule has 2 aromatic rings. The monoisotopic (exact) mass is 295 g/mol. The largest absolute Gasteiger partial charge is 0.425 e. The predicted octanol–water partition coefficient (Wildman–Crippen LogP) is 2.20. The number of aromatic nitrogens is 3. The number of aryl methyl sites for hydroxylation is 1. The Kier molecular flexibility index (Phi) is 2.89. The van der Waals surface area contributed by atoms with Gasteiger partial charge in [0.1, 0.15) is 6.07 Å². The molecule has 2 aromatic heterocycles. The highest BCUT2D eigenvalue weighted by atomic mass is 16.4. The van der Waals surface area contributed by atoms with Gasteiger partial charge in [-0.25, -0.2) is 0 Å². The van der Waals surface area contributed by atoms with Crippen molar-refractivity contribution >= 4 is 5.69 Å². The van der Waals surface area contributed by atoms with E-state index >= 15 is 0 Å². The molecule has 0 unspecified atom stereocenters. The number of nitriles is 1. The van der Waals surface area contributed by atoms with Crippen LogP contribution in [-0.4, -0.2) is 28.3 Å². The van der Waals surface area contributed by atoms with Crippen molar-refractivity contribution in [2.24, 2.45) is 5.92 Å². The Morgan fingerprint density at radius 1 is 1.45 bits per heavy atom. The lowest BCUT2D eigenvalue weighted by Crippen LogP contribution is -2.32. The summed E-state index contributed by atoms with van der Waals surface area (Å²) in [6.07, 6.45) is 6.87. The minimum Gasteiger partial charge on any atom is -0.425 e. The van der Waals surface area contributed by atoms with Gasteiger partial charge in [0.25, 0.3) is 0 Å². The highest BCUT2D eigenvalue weighted by Gasteiger charge is 2.54. The molecule has 3 heterocycles. The smallest absolute Gasteiger partial charge is 0.224 e. The fourth-order valence-corrected chi connectivity index (χ4v) is 4.05. The highest BCUT2D eigenvalue weighted by molar-refractivity contribution is 5.59. The Labute approximate surface area is 128 Å². The minimum absolute atomic E-state index is 0.0656. The molecular weight excluding hydrogens is 278 g/mol. The van der Waals surface area contributed by atoms with E-state index in [0.29, 0.717) is 17.4 Å². The number of hydrogen-bond donors (Lipinski definition) is 0. The molecule has 22 heavy (non-hydrogen) atoms. The molecule has 6 heteroatoms. The van der Waals surface area contributed by atoms with Crippen LogP contribution < -0.4 is 4.90 Å². The first-order valence-electron chi connectivity index (χ1n) is 7.62. The summed E-state index contributed by atoms with van der Waals surface area (Å²) in [5.74, 6) is 1.88. The third kappa shape index (κ3) is 1.82. The van der Waals surface area contributed by atoms with Crippen LogP contribution in [0, 0.1) is 24.2 Å². The van der Waals surface area contributed by atoms with E-state index in [1.807, 2.05) is 6.92 Å². The molecule has 1 saturated heterocycles. The normalized spacial score (nSPS) is 26.9. The van der Waals surface area contributed by atoms with Gasteiger partial charge < -0.3 is 9.32 Å². The van der Waals surface area contributed by atoms with Crippen molar-refractivity contribution in [1.29, 1.82) is 5.26 Å². The number of hydrogen-bond acceptors (Lipinski definition) is 6. The van der Waals surface area contributed by atoms with Gasteiger partial charge in [-0.15, -0.1) is 10.2 Å². The maximum atomic E-state index is 9.32. The van der Waals surface area contributed by atoms with Gasteiger partial charge in [-0.2, -0.15) is 5.26 Å². The molecular formula is C16H17N5O. The van der Waals surface area contributed by atoms with Crippen LogP contribution >= 0.6 is 0 Å². The topological polar surface area (TPSA) is 78.8 Å². The summed E-state index contributed by atoms with van der Waals surface area (Å²) in [4.78, 5) is 6.45. The third-order valence-corrected chi connectivity index (χ3v) is 5.08. The van der Waals surface area contributed by atoms with Crippen LogP contribution in [0.2, 0.25) is 0 Å². The van der Waals surface area contributed by atoms with Crippen LogP contribution in [-0.2, 0) is 5.41 Å². The van der Waals surface area contributed by atoms with Crippen LogP contribution in [0.15, 0.2) is 22.9 Å². The second-order valence-corrected chi connectivity index (χ2v) is 6.26. The summed E-state index contributed by atoms with van der Waals surface area (Å²) in [6, 6.07) is 4.03. The van der Waals surface area contributed by atoms with E-state index in [4.69, 9.17) is 4.42 Å². The quantitative estimate of drug-likeness (QED) is 0.845. The predicted molar refractivity (Wildman–Crippen MR) is 79.2 cm³/mol. The second-order valence-electron chi connectivity index (χ2n) is 6.26. The van der Waals surface area contributed by atoms with Crippen LogP contribution in [0.4, 0.5) is 5.69 Å². The Balaban J connectivity index is 1.72. The van der Waals surface area contributed by atoms with E-state index in [1.165, 1.54) is 12.8 Å². The Morgan fingerprint density at radius 2 is 2.36 bits per heavy atom. The number of fused-ring (bicyclic) bond motifs is 1. The van der Waals surface area contributed by atoms with Crippen molar-refractivity contribution in [3.05, 3.63) is 35.8 Å². The van der Waals surface area contributed by atoms with Crippen molar-refractivity contribution < 1.29 is 4.42 Å². The van der Waals surface area contributed by atoms with E-state index in [2.05, 4.69) is 26.2 Å². The van der Waals surface area contributed by atoms with Crippen LogP contribution in [0.3, 0.4) is 0 Å². The Hall–Kier alpha value is -2.42. The standard InChI is InChI=1S/C16H17N5O/c1-11-19-20-15(22-11)16-5-2-3-13(16)9-21(10-16)14-8-18-6-4-12(14)7-17/h4,6,8,13H,2-3,5,9-10H2,1H3/t13-,16-/m0/s1. The SMILES string of the molecule is Cc1nnc([C@]23CCC[C@H]2CN(c2cnccc2C#N)C3)o1. The second kappa shape index (κ2) is 4.80. The van der Waals surface area contributed by atoms with Gasteiger partial charge in [0.05, 0.1) is 22.9 Å². The lowest BCUT2D eigenvalue weighted by molar-refractivity contribution is 0.299. The summed E-state index contributed by atoms with van der Waals surface area (Å²) in [5, 5.41) is 17.6. The Bertz CT molecular complexity index is 749. The highest BCUT2D eigenvalue weighted by Crippen LogP contribution is 2.51. The van der Waals surface area contributed by atoms with Crippen molar-refractivity contribution in [3.8, 4) is 6.07 Å². The van der Waals surface area contributed by atoms with E-state index in [-0.39, 0.29) is 5.41 Å². The summed E-state index contributed by atoms with van der Waals surface area (Å²) in [6.45, 7) is 3.57. The molecule has 2 atom stereocenters. The number of nitrogens with zero attached hydrogens (tertiary/aromatic N) is 5. The summed E-state index contributed by atoms with van der Waals surface area (Å²) < 4.78 is 5.78. The van der Waals surface area contributed by atoms with Gasteiger partial charge in [0.2, 0.25) is 11.8 Å². The van der Waals surface area contributed by atoms with E-state index in [1.54, 1.807) is 18.5 Å². The summed E-state index contributed by atoms with van der Waals surface area (Å²) in [7, 11) is 0. The molecule has 1 aliphatic heterocycles. The zero-order valence-corrected chi connectivity index (χ0v) is 12.5. The zero-order valence-electron chi connectivity index (χ0n) is 12.5. The zero-order chi connectivity index (χ0) is 15.2. The number of rotatable bonds is 2. The third-order valence-electron chi connectivity index (χ3n) is 5.08. The van der Waals surface area contributed by atoms with E-state index < -0.39 is 0 Å². The number of anilines is 1. The molecule has 6 nitrogen and oxygen atoms in total. The van der Waals surface area contributed by atoms with Gasteiger partial charge in [0.15, 0.2) is 0 Å². The first-order chi connectivity index (χ1) is 10.7. The van der Waals surface area contributed by atoms with E-state index in [9.17, 15) is 5.26 Å². The van der Waals surface area contributed by atoms with Crippen molar-refractivity contribution in [2.75, 3.05) is 18.0 Å². The molecule has 112 valence electrons. The van der Waals surface area contributed by atoms with Gasteiger partial charge in [-0.3, -0.25) is 4.98 Å². The van der Waals surface area contributed by atoms with Gasteiger partial charge >= 0.3 is 0 Å². The van der Waals surface area contributed by atoms with Gasteiger partial charge in [-0.05, 0) is 24.8 Å². The maximum absolute atomic E-state index is 9.32. The summed E-state index contributed by atoms with van der Waals surface area (Å²) >= 11 is 0. The van der Waals surface area contributed by atoms with Crippen LogP contribution in [0.1, 0.15) is 36.6 Å². The van der Waals surface area contributed by atoms with Crippen molar-refractivity contribution in [2.45, 2.75) is 31.6 Å². The fourth-order valence-electron chi connectivity index (χ4n) is 4.05. The average Bonchev–Trinajstić information content (AvgIpc) is 3.20. The van der Waals surface area contributed by atoms with Crippen molar-refractivity contribution in [1.82, 2.24) is 15.2 Å². The average molecular weight is 295 g/mol. The van der Waals surface area contributed by atoms with Crippen LogP contribution in [0.25, 0.3) is 0 Å². The molecule has 1 aliphatic carbocycles. The van der Waals surface area contributed by atoms with Crippen LogP contribution in [0.5, 0.6) is 0 Å². The molecule has 0 spiro atoms. The molecule has 0 N–H and O–H groups in total. The maximum Gasteiger partial charge on any atom is 0.224 e. The summed E-state index contributed by atoms with van der Waals surface area (Å²) in [5.41, 5.74) is 1.52. The lowest BCUT2D eigenvalue weighted by atomic mass is 9.80. The molecule has 2 fully saturated rings. The molecule has 0 amide bonds. The molecule has 4 rings (SSSR count). The van der Waals surface area contributed by atoms with Gasteiger partial charge in [0, 0.05) is 26.2 Å². The minimum atomic E-state index is -0.0656. The molecule has 0 aromatic carbocycles. The lowest BCUT2D eigenvalue weighted by Gasteiger charge is -2.25. The molecule has 1 saturated carbocycles. The first kappa shape index (κ1) is 13.3. The molecule has 0 bridgehead atoms. The molecule has 2 aliphatic rings. The first-order valence-corrected chi connectivity index (χ1v) is 7.62. The molecule has 0 radical (unpaired) electrons. The number of pyridine rings is 1. The Morgan fingerprint density at radius 3 is 3.14 bits per heavy atom. The van der Waals surface area contributed by atoms with Gasteiger partial charge in [-0.1, -0.05) is 6.42 Å². The van der Waals surface area contributed by atoms with Crippen molar-refractivity contribution in [3.63, 3.8) is 0 Å².